The van der Waals surface area contributed by atoms with Crippen LogP contribution in [0.2, 0.25) is 0 Å². The molecule has 1 heterocycles. The molecule has 1 amide bonds. The van der Waals surface area contributed by atoms with Crippen molar-refractivity contribution in [2.75, 3.05) is 5.32 Å². The number of halogens is 1. The Morgan fingerprint density at radius 2 is 2.29 bits per heavy atom. The Hall–Kier alpha value is -2.13. The van der Waals surface area contributed by atoms with E-state index in [0.717, 1.165) is 4.47 Å². The van der Waals surface area contributed by atoms with Crippen molar-refractivity contribution >= 4 is 27.5 Å². The first kappa shape index (κ1) is 11.4. The molecule has 0 saturated heterocycles. The molecule has 0 aliphatic carbocycles. The molecule has 0 fully saturated rings. The number of amides is 1. The minimum absolute atomic E-state index is 0.332. The quantitative estimate of drug-likeness (QED) is 0.890. The van der Waals surface area contributed by atoms with Gasteiger partial charge in [0.05, 0.1) is 11.3 Å². The number of carbonyl (C=O) groups is 1. The monoisotopic (exact) mass is 290 g/mol. The van der Waals surface area contributed by atoms with E-state index in [1.54, 1.807) is 24.3 Å². The number of nitriles is 1. The number of rotatable bonds is 2. The van der Waals surface area contributed by atoms with Gasteiger partial charge in [-0.25, -0.2) is 0 Å². The van der Waals surface area contributed by atoms with Crippen LogP contribution in [0, 0.1) is 11.3 Å². The third kappa shape index (κ3) is 2.52. The zero-order valence-electron chi connectivity index (χ0n) is 8.57. The van der Waals surface area contributed by atoms with Gasteiger partial charge in [-0.1, -0.05) is 15.9 Å². The number of hydrogen-bond acceptors (Lipinski definition) is 3. The number of hydrogen-bond donors (Lipinski definition) is 2. The van der Waals surface area contributed by atoms with Crippen molar-refractivity contribution in [2.24, 2.45) is 0 Å². The van der Waals surface area contributed by atoms with E-state index in [1.807, 2.05) is 6.07 Å². The van der Waals surface area contributed by atoms with Crippen LogP contribution < -0.4 is 5.32 Å². The van der Waals surface area contributed by atoms with Crippen molar-refractivity contribution in [2.45, 2.75) is 0 Å². The van der Waals surface area contributed by atoms with Gasteiger partial charge in [0, 0.05) is 10.7 Å². The van der Waals surface area contributed by atoms with Gasteiger partial charge in [0.2, 0.25) is 0 Å². The molecule has 6 heteroatoms. The fourth-order valence-electron chi connectivity index (χ4n) is 1.29. The molecule has 0 atom stereocenters. The van der Waals surface area contributed by atoms with E-state index in [2.05, 4.69) is 31.4 Å². The number of nitrogens with one attached hydrogen (secondary N) is 2. The van der Waals surface area contributed by atoms with Crippen molar-refractivity contribution in [3.63, 3.8) is 0 Å². The Kier molecular flexibility index (Phi) is 3.21. The van der Waals surface area contributed by atoms with Crippen LogP contribution in [0.5, 0.6) is 0 Å². The fraction of sp³-hybridized carbons (Fsp3) is 0. The Morgan fingerprint density at radius 3 is 2.94 bits per heavy atom. The van der Waals surface area contributed by atoms with Gasteiger partial charge in [0.25, 0.3) is 5.91 Å². The largest absolute Gasteiger partial charge is 0.319 e. The highest BCUT2D eigenvalue weighted by molar-refractivity contribution is 9.10. The minimum atomic E-state index is -0.332. The maximum Gasteiger partial charge on any atom is 0.273 e. The molecule has 1 aromatic heterocycles. The number of aromatic nitrogens is 2. The Bertz CT molecular complexity index is 586. The Morgan fingerprint density at radius 1 is 1.47 bits per heavy atom. The molecule has 5 nitrogen and oxygen atoms in total. The van der Waals surface area contributed by atoms with Crippen molar-refractivity contribution in [1.29, 1.82) is 5.26 Å². The third-order valence-corrected chi connectivity index (χ3v) is 2.59. The number of benzene rings is 1. The number of carbonyl (C=O) groups excluding carboxylic acids is 1. The van der Waals surface area contributed by atoms with E-state index in [0.29, 0.717) is 16.9 Å². The minimum Gasteiger partial charge on any atom is -0.319 e. The molecule has 0 aliphatic rings. The molecule has 0 aliphatic heterocycles. The summed E-state index contributed by atoms with van der Waals surface area (Å²) < 4.78 is 0.786. The SMILES string of the molecule is N#Cc1cc(Br)ccc1NC(=O)c1ccn[nH]1. The van der Waals surface area contributed by atoms with E-state index in [-0.39, 0.29) is 5.91 Å². The maximum atomic E-state index is 11.7. The second kappa shape index (κ2) is 4.80. The number of aromatic amines is 1. The standard InChI is InChI=1S/C11H7BrN4O/c12-8-1-2-9(7(5-8)6-13)15-11(17)10-3-4-14-16-10/h1-5H,(H,14,16)(H,15,17). The van der Waals surface area contributed by atoms with Gasteiger partial charge in [-0.3, -0.25) is 9.89 Å². The molecule has 2 rings (SSSR count). The van der Waals surface area contributed by atoms with Crippen LogP contribution in [0.25, 0.3) is 0 Å². The number of nitrogens with zero attached hydrogens (tertiary/aromatic N) is 2. The van der Waals surface area contributed by atoms with Crippen molar-refractivity contribution in [1.82, 2.24) is 10.2 Å². The zero-order chi connectivity index (χ0) is 12.3. The van der Waals surface area contributed by atoms with Crippen LogP contribution in [-0.4, -0.2) is 16.1 Å². The lowest BCUT2D eigenvalue weighted by Gasteiger charge is -2.05. The lowest BCUT2D eigenvalue weighted by molar-refractivity contribution is 0.102. The summed E-state index contributed by atoms with van der Waals surface area (Å²) >= 11 is 3.26. The van der Waals surface area contributed by atoms with Gasteiger partial charge < -0.3 is 5.32 Å². The van der Waals surface area contributed by atoms with Crippen LogP contribution in [0.1, 0.15) is 16.1 Å². The lowest BCUT2D eigenvalue weighted by Crippen LogP contribution is -2.13. The summed E-state index contributed by atoms with van der Waals surface area (Å²) in [6.07, 6.45) is 1.49. The molecule has 1 aromatic carbocycles. The van der Waals surface area contributed by atoms with Crippen LogP contribution in [-0.2, 0) is 0 Å². The second-order valence-electron chi connectivity index (χ2n) is 3.23. The zero-order valence-corrected chi connectivity index (χ0v) is 10.2. The van der Waals surface area contributed by atoms with Gasteiger partial charge in [-0.2, -0.15) is 10.4 Å². The lowest BCUT2D eigenvalue weighted by atomic mass is 10.2. The molecular formula is C11H7BrN4O. The number of H-pyrrole nitrogens is 1. The van der Waals surface area contributed by atoms with Crippen LogP contribution >= 0.6 is 15.9 Å². The van der Waals surface area contributed by atoms with Crippen molar-refractivity contribution in [3.8, 4) is 6.07 Å². The second-order valence-corrected chi connectivity index (χ2v) is 4.14. The summed E-state index contributed by atoms with van der Waals surface area (Å²) in [6, 6.07) is 8.63. The van der Waals surface area contributed by atoms with E-state index < -0.39 is 0 Å². The van der Waals surface area contributed by atoms with Crippen molar-refractivity contribution in [3.05, 3.63) is 46.2 Å². The van der Waals surface area contributed by atoms with E-state index in [9.17, 15) is 4.79 Å². The highest BCUT2D eigenvalue weighted by atomic mass is 79.9. The maximum absolute atomic E-state index is 11.7. The highest BCUT2D eigenvalue weighted by Crippen LogP contribution is 2.20. The van der Waals surface area contributed by atoms with E-state index in [1.165, 1.54) is 6.20 Å². The Labute approximate surface area is 106 Å². The van der Waals surface area contributed by atoms with Gasteiger partial charge in [0.1, 0.15) is 11.8 Å². The van der Waals surface area contributed by atoms with Gasteiger partial charge in [-0.05, 0) is 24.3 Å². The molecule has 0 radical (unpaired) electrons. The first-order valence-electron chi connectivity index (χ1n) is 4.71. The molecular weight excluding hydrogens is 284 g/mol. The Balaban J connectivity index is 2.25. The van der Waals surface area contributed by atoms with E-state index >= 15 is 0 Å². The normalized spacial score (nSPS) is 9.65. The summed E-state index contributed by atoms with van der Waals surface area (Å²) in [4.78, 5) is 11.7. The predicted octanol–water partition coefficient (Wildman–Crippen LogP) is 2.30. The van der Waals surface area contributed by atoms with Gasteiger partial charge >= 0.3 is 0 Å². The molecule has 84 valence electrons. The first-order chi connectivity index (χ1) is 8.20. The molecule has 0 bridgehead atoms. The summed E-state index contributed by atoms with van der Waals surface area (Å²) in [7, 11) is 0. The van der Waals surface area contributed by atoms with Crippen LogP contribution in [0.15, 0.2) is 34.9 Å². The first-order valence-corrected chi connectivity index (χ1v) is 5.50. The van der Waals surface area contributed by atoms with Gasteiger partial charge in [0.15, 0.2) is 0 Å². The van der Waals surface area contributed by atoms with Gasteiger partial charge in [-0.15, -0.1) is 0 Å². The number of anilines is 1. The van der Waals surface area contributed by atoms with Crippen molar-refractivity contribution < 1.29 is 4.79 Å². The summed E-state index contributed by atoms with van der Waals surface area (Å²) in [5.74, 6) is -0.332. The topological polar surface area (TPSA) is 81.6 Å². The predicted molar refractivity (Wildman–Crippen MR) is 65.4 cm³/mol. The third-order valence-electron chi connectivity index (χ3n) is 2.10. The smallest absolute Gasteiger partial charge is 0.273 e. The average Bonchev–Trinajstić information content (AvgIpc) is 2.85. The summed E-state index contributed by atoms with van der Waals surface area (Å²) in [6.45, 7) is 0. The van der Waals surface area contributed by atoms with Crippen LogP contribution in [0.3, 0.4) is 0 Å². The summed E-state index contributed by atoms with van der Waals surface area (Å²) in [5, 5.41) is 17.8. The van der Waals surface area contributed by atoms with E-state index in [4.69, 9.17) is 5.26 Å². The molecule has 17 heavy (non-hydrogen) atoms. The molecule has 0 saturated carbocycles. The highest BCUT2D eigenvalue weighted by Gasteiger charge is 2.10. The molecule has 2 N–H and O–H groups in total. The molecule has 0 unspecified atom stereocenters. The fourth-order valence-corrected chi connectivity index (χ4v) is 1.65. The molecule has 2 aromatic rings. The van der Waals surface area contributed by atoms with Crippen LogP contribution in [0.4, 0.5) is 5.69 Å². The average molecular weight is 291 g/mol. The summed E-state index contributed by atoms with van der Waals surface area (Å²) in [5.41, 5.74) is 1.21. The molecule has 0 spiro atoms.